The molecule has 0 spiro atoms. The minimum Gasteiger partial charge on any atom is -0.310 e. The van der Waals surface area contributed by atoms with Crippen LogP contribution in [-0.4, -0.2) is 4.57 Å². The number of anilines is 3. The molecule has 0 bridgehead atoms. The monoisotopic (exact) mass is 954 g/mol. The Morgan fingerprint density at radius 2 is 0.747 bits per heavy atom. The smallest absolute Gasteiger partial charge is 0.0714 e. The fourth-order valence-corrected chi connectivity index (χ4v) is 12.3. The number of nitrogens with zero attached hydrogens (tertiary/aromatic N) is 2. The maximum absolute atomic E-state index is 2.53. The highest BCUT2D eigenvalue weighted by Gasteiger charge is 2.47. The van der Waals surface area contributed by atoms with Crippen LogP contribution in [0.5, 0.6) is 0 Å². The van der Waals surface area contributed by atoms with Crippen molar-refractivity contribution in [3.8, 4) is 61.3 Å². The van der Waals surface area contributed by atoms with Crippen LogP contribution in [0.4, 0.5) is 17.1 Å². The van der Waals surface area contributed by atoms with Crippen LogP contribution in [-0.2, 0) is 5.41 Å². The molecule has 1 aromatic heterocycles. The summed E-state index contributed by atoms with van der Waals surface area (Å²) in [5.74, 6) is 0. The predicted molar refractivity (Wildman–Crippen MR) is 315 cm³/mol. The Labute approximate surface area is 438 Å². The Kier molecular flexibility index (Phi) is 10.8. The fourth-order valence-electron chi connectivity index (χ4n) is 12.3. The molecule has 0 saturated carbocycles. The van der Waals surface area contributed by atoms with Crippen LogP contribution < -0.4 is 4.90 Å². The van der Waals surface area contributed by atoms with E-state index in [4.69, 9.17) is 0 Å². The number of fused-ring (bicyclic) bond motifs is 6. The lowest BCUT2D eigenvalue weighted by Gasteiger charge is -2.34. The second-order valence-corrected chi connectivity index (χ2v) is 19.5. The number of rotatable bonds is 10. The number of para-hydroxylation sites is 3. The number of benzene rings is 12. The molecule has 0 unspecified atom stereocenters. The standard InChI is InChI=1S/C73H50N2/c1-5-24-51(25-6-1)58-32-13-14-33-59(58)52-44-47-57(48-45-52)74(56-30-11-4-12-31-56)68-41-21-18-36-62(68)61-35-16-15-34-60(61)53-46-49-64-63-37-19-22-42-69(63)75(71(64)50-53)70-43-23-40-67-72(70)65-38-17-20-39-66(65)73(67,54-26-7-2-8-27-54)55-28-9-3-10-29-55/h1-50H. The van der Waals surface area contributed by atoms with Gasteiger partial charge in [-0.05, 0) is 115 Å². The summed E-state index contributed by atoms with van der Waals surface area (Å²) in [6.45, 7) is 0. The van der Waals surface area contributed by atoms with Crippen molar-refractivity contribution in [2.45, 2.75) is 5.41 Å². The SMILES string of the molecule is c1ccc(-c2ccccc2-c2ccc(N(c3ccccc3)c3ccccc3-c3ccccc3-c3ccc4c5ccccc5n(-c5cccc6c5-c5ccccc5C6(c5ccccc5)c5ccccc5)c4c3)cc2)cc1. The lowest BCUT2D eigenvalue weighted by Crippen LogP contribution is -2.28. The highest BCUT2D eigenvalue weighted by Crippen LogP contribution is 2.58. The molecule has 0 N–H and O–H groups in total. The summed E-state index contributed by atoms with van der Waals surface area (Å²) in [5.41, 5.74) is 23.3. The normalized spacial score (nSPS) is 12.4. The zero-order valence-electron chi connectivity index (χ0n) is 41.3. The molecular weight excluding hydrogens is 905 g/mol. The number of aromatic nitrogens is 1. The molecule has 352 valence electrons. The van der Waals surface area contributed by atoms with Gasteiger partial charge in [0.1, 0.15) is 0 Å². The van der Waals surface area contributed by atoms with Gasteiger partial charge in [0, 0.05) is 33.3 Å². The highest BCUT2D eigenvalue weighted by molar-refractivity contribution is 6.11. The van der Waals surface area contributed by atoms with E-state index in [1.165, 1.54) is 88.7 Å². The van der Waals surface area contributed by atoms with Gasteiger partial charge in [-0.2, -0.15) is 0 Å². The summed E-state index contributed by atoms with van der Waals surface area (Å²) in [6, 6.07) is 111. The van der Waals surface area contributed by atoms with E-state index in [-0.39, 0.29) is 0 Å². The summed E-state index contributed by atoms with van der Waals surface area (Å²) in [4.78, 5) is 2.40. The third kappa shape index (κ3) is 7.17. The molecule has 0 atom stereocenters. The molecular formula is C73H50N2. The minimum atomic E-state index is -0.510. The molecule has 75 heavy (non-hydrogen) atoms. The van der Waals surface area contributed by atoms with Gasteiger partial charge in [0.2, 0.25) is 0 Å². The van der Waals surface area contributed by atoms with Gasteiger partial charge >= 0.3 is 0 Å². The van der Waals surface area contributed by atoms with Gasteiger partial charge in [-0.3, -0.25) is 0 Å². The molecule has 2 heteroatoms. The third-order valence-corrected chi connectivity index (χ3v) is 15.5. The summed E-state index contributed by atoms with van der Waals surface area (Å²) in [7, 11) is 0. The van der Waals surface area contributed by atoms with Crippen molar-refractivity contribution in [1.29, 1.82) is 0 Å². The van der Waals surface area contributed by atoms with Gasteiger partial charge < -0.3 is 9.47 Å². The van der Waals surface area contributed by atoms with Crippen LogP contribution in [0.25, 0.3) is 83.1 Å². The molecule has 13 aromatic rings. The maximum atomic E-state index is 2.53. The molecule has 0 fully saturated rings. The Balaban J connectivity index is 0.933. The number of hydrogen-bond donors (Lipinski definition) is 0. The van der Waals surface area contributed by atoms with Crippen LogP contribution in [0.3, 0.4) is 0 Å². The molecule has 2 nitrogen and oxygen atoms in total. The van der Waals surface area contributed by atoms with Crippen molar-refractivity contribution in [3.63, 3.8) is 0 Å². The zero-order valence-corrected chi connectivity index (χ0v) is 41.3. The lowest BCUT2D eigenvalue weighted by molar-refractivity contribution is 0.768. The third-order valence-electron chi connectivity index (χ3n) is 15.5. The van der Waals surface area contributed by atoms with E-state index < -0.39 is 5.41 Å². The molecule has 1 heterocycles. The van der Waals surface area contributed by atoms with Crippen LogP contribution in [0.1, 0.15) is 22.3 Å². The molecule has 0 saturated heterocycles. The largest absolute Gasteiger partial charge is 0.310 e. The van der Waals surface area contributed by atoms with Crippen LogP contribution in [0.2, 0.25) is 0 Å². The Bertz CT molecular complexity index is 4170. The quantitative estimate of drug-likeness (QED) is 0.133. The van der Waals surface area contributed by atoms with E-state index in [1.54, 1.807) is 0 Å². The van der Waals surface area contributed by atoms with E-state index in [2.05, 4.69) is 313 Å². The first-order valence-electron chi connectivity index (χ1n) is 25.9. The molecule has 0 amide bonds. The Morgan fingerprint density at radius 3 is 1.43 bits per heavy atom. The molecule has 14 rings (SSSR count). The van der Waals surface area contributed by atoms with Gasteiger partial charge in [0.05, 0.1) is 27.8 Å². The predicted octanol–water partition coefficient (Wildman–Crippen LogP) is 19.3. The van der Waals surface area contributed by atoms with E-state index in [1.807, 2.05) is 0 Å². The molecule has 1 aliphatic carbocycles. The molecule has 12 aromatic carbocycles. The average Bonchev–Trinajstić information content (AvgIpc) is 4.10. The van der Waals surface area contributed by atoms with Crippen LogP contribution in [0, 0.1) is 0 Å². The topological polar surface area (TPSA) is 8.17 Å². The molecule has 0 aliphatic heterocycles. The van der Waals surface area contributed by atoms with Crippen molar-refractivity contribution >= 4 is 38.9 Å². The van der Waals surface area contributed by atoms with Crippen molar-refractivity contribution < 1.29 is 0 Å². The van der Waals surface area contributed by atoms with Crippen molar-refractivity contribution in [3.05, 3.63) is 326 Å². The lowest BCUT2D eigenvalue weighted by atomic mass is 9.68. The van der Waals surface area contributed by atoms with Gasteiger partial charge in [0.15, 0.2) is 0 Å². The second-order valence-electron chi connectivity index (χ2n) is 19.5. The number of hydrogen-bond acceptors (Lipinski definition) is 1. The summed E-state index contributed by atoms with van der Waals surface area (Å²) in [5, 5.41) is 2.45. The van der Waals surface area contributed by atoms with Crippen molar-refractivity contribution in [2.24, 2.45) is 0 Å². The molecule has 0 radical (unpaired) electrons. The fraction of sp³-hybridized carbons (Fsp3) is 0.0137. The van der Waals surface area contributed by atoms with Crippen LogP contribution in [0.15, 0.2) is 303 Å². The van der Waals surface area contributed by atoms with E-state index in [0.29, 0.717) is 0 Å². The summed E-state index contributed by atoms with van der Waals surface area (Å²) >= 11 is 0. The van der Waals surface area contributed by atoms with E-state index >= 15 is 0 Å². The van der Waals surface area contributed by atoms with E-state index in [0.717, 1.165) is 33.8 Å². The second kappa shape index (κ2) is 18.4. The first kappa shape index (κ1) is 44.0. The van der Waals surface area contributed by atoms with Crippen LogP contribution >= 0.6 is 0 Å². The van der Waals surface area contributed by atoms with Crippen molar-refractivity contribution in [2.75, 3.05) is 4.90 Å². The maximum Gasteiger partial charge on any atom is 0.0714 e. The van der Waals surface area contributed by atoms with E-state index in [9.17, 15) is 0 Å². The first-order chi connectivity index (χ1) is 37.3. The summed E-state index contributed by atoms with van der Waals surface area (Å²) < 4.78 is 2.53. The molecule has 1 aliphatic rings. The minimum absolute atomic E-state index is 0.510. The Morgan fingerprint density at radius 1 is 0.280 bits per heavy atom. The summed E-state index contributed by atoms with van der Waals surface area (Å²) in [6.07, 6.45) is 0. The average molecular weight is 955 g/mol. The van der Waals surface area contributed by atoms with Gasteiger partial charge in [-0.25, -0.2) is 0 Å². The van der Waals surface area contributed by atoms with Gasteiger partial charge in [-0.1, -0.05) is 255 Å². The van der Waals surface area contributed by atoms with Crippen molar-refractivity contribution in [1.82, 2.24) is 4.57 Å². The first-order valence-corrected chi connectivity index (χ1v) is 25.9. The van der Waals surface area contributed by atoms with Gasteiger partial charge in [-0.15, -0.1) is 0 Å². The zero-order chi connectivity index (χ0) is 49.7. The highest BCUT2D eigenvalue weighted by atomic mass is 15.1. The van der Waals surface area contributed by atoms with Gasteiger partial charge in [0.25, 0.3) is 0 Å². The Hall–Kier alpha value is -9.76.